The minimum atomic E-state index is -0.544. The van der Waals surface area contributed by atoms with Crippen LogP contribution in [0.1, 0.15) is 6.92 Å². The van der Waals surface area contributed by atoms with E-state index in [1.807, 2.05) is 0 Å². The molecule has 2 rings (SSSR count). The zero-order chi connectivity index (χ0) is 13.3. The van der Waals surface area contributed by atoms with Crippen LogP contribution in [-0.2, 0) is 4.79 Å². The van der Waals surface area contributed by atoms with E-state index in [4.69, 9.17) is 10.5 Å². The number of anilines is 1. The lowest BCUT2D eigenvalue weighted by atomic mass is 10.1. The summed E-state index contributed by atoms with van der Waals surface area (Å²) in [6, 6.07) is 8.37. The highest BCUT2D eigenvalue weighted by Gasteiger charge is 2.14. The van der Waals surface area contributed by atoms with Crippen molar-refractivity contribution in [2.45, 2.75) is 6.92 Å². The number of carbonyl (C=O) groups excluding carboxylic acids is 1. The maximum atomic E-state index is 11.6. The number of rotatable bonds is 2. The van der Waals surface area contributed by atoms with Crippen molar-refractivity contribution in [1.29, 1.82) is 0 Å². The van der Waals surface area contributed by atoms with Crippen molar-refractivity contribution in [2.75, 3.05) is 5.73 Å². The Bertz CT molecular complexity index is 647. The zero-order valence-electron chi connectivity index (χ0n) is 9.93. The smallest absolute Gasteiger partial charge is 0.338 e. The molecular formula is C14H13NO3. The number of carbonyl (C=O) groups is 1. The van der Waals surface area contributed by atoms with Crippen LogP contribution in [0.25, 0.3) is 10.8 Å². The molecule has 4 nitrogen and oxygen atoms in total. The van der Waals surface area contributed by atoms with Gasteiger partial charge in [-0.15, -0.1) is 0 Å². The van der Waals surface area contributed by atoms with Gasteiger partial charge in [0, 0.05) is 22.4 Å². The molecule has 0 aliphatic heterocycles. The van der Waals surface area contributed by atoms with E-state index in [1.165, 1.54) is 6.07 Å². The standard InChI is InChI=1S/C14H13NO3/c1-8(2)14(17)18-13-10-6-4-3-5-9(10)12(16)7-11(13)15/h3-7,16H,1,15H2,2H3. The number of phenolic OH excluding ortho intramolecular Hbond substituents is 1. The highest BCUT2D eigenvalue weighted by Crippen LogP contribution is 2.37. The summed E-state index contributed by atoms with van der Waals surface area (Å²) >= 11 is 0. The zero-order valence-corrected chi connectivity index (χ0v) is 9.93. The molecule has 0 spiro atoms. The van der Waals surface area contributed by atoms with Crippen LogP contribution < -0.4 is 10.5 Å². The van der Waals surface area contributed by atoms with Crippen molar-refractivity contribution in [2.24, 2.45) is 0 Å². The fourth-order valence-electron chi connectivity index (χ4n) is 1.64. The number of esters is 1. The van der Waals surface area contributed by atoms with Crippen LogP contribution in [0.2, 0.25) is 0 Å². The molecule has 0 radical (unpaired) electrons. The quantitative estimate of drug-likeness (QED) is 0.368. The highest BCUT2D eigenvalue weighted by molar-refractivity contribution is 6.00. The molecule has 0 atom stereocenters. The van der Waals surface area contributed by atoms with Crippen molar-refractivity contribution in [3.63, 3.8) is 0 Å². The van der Waals surface area contributed by atoms with Gasteiger partial charge in [-0.2, -0.15) is 0 Å². The normalized spacial score (nSPS) is 10.3. The first-order valence-corrected chi connectivity index (χ1v) is 5.38. The van der Waals surface area contributed by atoms with Crippen LogP contribution in [0.4, 0.5) is 5.69 Å². The average molecular weight is 243 g/mol. The lowest BCUT2D eigenvalue weighted by Crippen LogP contribution is -2.10. The molecule has 92 valence electrons. The lowest BCUT2D eigenvalue weighted by Gasteiger charge is -2.11. The summed E-state index contributed by atoms with van der Waals surface area (Å²) in [7, 11) is 0. The van der Waals surface area contributed by atoms with Gasteiger partial charge in [-0.05, 0) is 6.92 Å². The molecule has 0 bridgehead atoms. The van der Waals surface area contributed by atoms with Gasteiger partial charge in [-0.25, -0.2) is 4.79 Å². The van der Waals surface area contributed by atoms with Crippen LogP contribution in [0.5, 0.6) is 11.5 Å². The third-order valence-corrected chi connectivity index (χ3v) is 2.55. The first kappa shape index (κ1) is 12.0. The maximum Gasteiger partial charge on any atom is 0.338 e. The molecule has 0 fully saturated rings. The second-order valence-electron chi connectivity index (χ2n) is 4.03. The minimum Gasteiger partial charge on any atom is -0.507 e. The molecular weight excluding hydrogens is 230 g/mol. The van der Waals surface area contributed by atoms with Crippen LogP contribution in [-0.4, -0.2) is 11.1 Å². The van der Waals surface area contributed by atoms with Gasteiger partial charge in [0.15, 0.2) is 5.75 Å². The summed E-state index contributed by atoms with van der Waals surface area (Å²) in [5, 5.41) is 10.9. The molecule has 4 heteroatoms. The van der Waals surface area contributed by atoms with Gasteiger partial charge in [0.1, 0.15) is 5.75 Å². The number of aromatic hydroxyl groups is 1. The summed E-state index contributed by atoms with van der Waals surface area (Å²) in [5.41, 5.74) is 6.26. The van der Waals surface area contributed by atoms with Gasteiger partial charge in [0.05, 0.1) is 5.69 Å². The van der Waals surface area contributed by atoms with Gasteiger partial charge in [0.2, 0.25) is 0 Å². The molecule has 0 saturated carbocycles. The first-order valence-electron chi connectivity index (χ1n) is 5.38. The summed E-state index contributed by atoms with van der Waals surface area (Å²) < 4.78 is 5.20. The molecule has 0 saturated heterocycles. The molecule has 0 aromatic heterocycles. The Hall–Kier alpha value is -2.49. The van der Waals surface area contributed by atoms with Crippen molar-refractivity contribution in [3.05, 3.63) is 42.5 Å². The Morgan fingerprint density at radius 3 is 2.56 bits per heavy atom. The lowest BCUT2D eigenvalue weighted by molar-refractivity contribution is -0.129. The third-order valence-electron chi connectivity index (χ3n) is 2.55. The Balaban J connectivity index is 2.63. The van der Waals surface area contributed by atoms with E-state index in [2.05, 4.69) is 6.58 Å². The van der Waals surface area contributed by atoms with E-state index in [1.54, 1.807) is 31.2 Å². The van der Waals surface area contributed by atoms with Crippen molar-refractivity contribution in [1.82, 2.24) is 0 Å². The maximum absolute atomic E-state index is 11.6. The van der Waals surface area contributed by atoms with E-state index in [0.717, 1.165) is 0 Å². The van der Waals surface area contributed by atoms with Gasteiger partial charge in [-0.1, -0.05) is 30.8 Å². The van der Waals surface area contributed by atoms with Crippen LogP contribution >= 0.6 is 0 Å². The van der Waals surface area contributed by atoms with Crippen LogP contribution in [0, 0.1) is 0 Å². The number of ether oxygens (including phenoxy) is 1. The Kier molecular flexibility index (Phi) is 2.93. The van der Waals surface area contributed by atoms with E-state index in [0.29, 0.717) is 10.8 Å². The summed E-state index contributed by atoms with van der Waals surface area (Å²) in [6.45, 7) is 5.07. The highest BCUT2D eigenvalue weighted by atomic mass is 16.5. The number of hydrogen-bond acceptors (Lipinski definition) is 4. The number of benzene rings is 2. The topological polar surface area (TPSA) is 72.5 Å². The molecule has 2 aromatic carbocycles. The summed E-state index contributed by atoms with van der Waals surface area (Å²) in [6.07, 6.45) is 0. The van der Waals surface area contributed by atoms with Gasteiger partial charge < -0.3 is 15.6 Å². The largest absolute Gasteiger partial charge is 0.507 e. The Labute approximate surface area is 104 Å². The molecule has 0 aliphatic rings. The fraction of sp³-hybridized carbons (Fsp3) is 0.0714. The number of phenols is 1. The second-order valence-corrected chi connectivity index (χ2v) is 4.03. The minimum absolute atomic E-state index is 0.0539. The van der Waals surface area contributed by atoms with Crippen molar-refractivity contribution >= 4 is 22.4 Å². The van der Waals surface area contributed by atoms with Gasteiger partial charge in [0.25, 0.3) is 0 Å². The molecule has 0 heterocycles. The molecule has 3 N–H and O–H groups in total. The Morgan fingerprint density at radius 1 is 1.33 bits per heavy atom. The van der Waals surface area contributed by atoms with Crippen molar-refractivity contribution in [3.8, 4) is 11.5 Å². The third kappa shape index (κ3) is 2.00. The molecule has 18 heavy (non-hydrogen) atoms. The SMILES string of the molecule is C=C(C)C(=O)Oc1c(N)cc(O)c2ccccc12. The molecule has 0 unspecified atom stereocenters. The average Bonchev–Trinajstić information content (AvgIpc) is 2.34. The summed E-state index contributed by atoms with van der Waals surface area (Å²) in [4.78, 5) is 11.6. The predicted octanol–water partition coefficient (Wildman–Crippen LogP) is 2.61. The van der Waals surface area contributed by atoms with Crippen LogP contribution in [0.15, 0.2) is 42.5 Å². The van der Waals surface area contributed by atoms with Crippen molar-refractivity contribution < 1.29 is 14.6 Å². The van der Waals surface area contributed by atoms with Gasteiger partial charge >= 0.3 is 5.97 Å². The fourth-order valence-corrected chi connectivity index (χ4v) is 1.64. The first-order chi connectivity index (χ1) is 8.50. The number of nitrogens with two attached hydrogens (primary N) is 1. The number of fused-ring (bicyclic) bond motifs is 1. The number of hydrogen-bond donors (Lipinski definition) is 2. The van der Waals surface area contributed by atoms with E-state index >= 15 is 0 Å². The predicted molar refractivity (Wildman–Crippen MR) is 70.5 cm³/mol. The summed E-state index contributed by atoms with van der Waals surface area (Å²) in [5.74, 6) is -0.243. The molecule has 2 aromatic rings. The van der Waals surface area contributed by atoms with E-state index in [9.17, 15) is 9.90 Å². The van der Waals surface area contributed by atoms with Gasteiger partial charge in [-0.3, -0.25) is 0 Å². The second kappa shape index (κ2) is 4.41. The van der Waals surface area contributed by atoms with E-state index < -0.39 is 5.97 Å². The van der Waals surface area contributed by atoms with E-state index in [-0.39, 0.29) is 22.8 Å². The molecule has 0 amide bonds. The van der Waals surface area contributed by atoms with Crippen LogP contribution in [0.3, 0.4) is 0 Å². The monoisotopic (exact) mass is 243 g/mol. The Morgan fingerprint density at radius 2 is 1.94 bits per heavy atom. The molecule has 0 aliphatic carbocycles. The number of nitrogen functional groups attached to an aromatic ring is 1.